The van der Waals surface area contributed by atoms with Crippen molar-refractivity contribution in [1.82, 2.24) is 4.90 Å². The van der Waals surface area contributed by atoms with Crippen molar-refractivity contribution in [2.45, 2.75) is 31.2 Å². The van der Waals surface area contributed by atoms with E-state index in [4.69, 9.17) is 0 Å². The highest BCUT2D eigenvalue weighted by Crippen LogP contribution is 2.35. The van der Waals surface area contributed by atoms with Gasteiger partial charge in [-0.15, -0.1) is 0 Å². The maximum Gasteiger partial charge on any atom is 0.136 e. The Hall–Kier alpha value is -1.08. The van der Waals surface area contributed by atoms with Gasteiger partial charge in [0.1, 0.15) is 30.6 Å². The molecule has 2 N–H and O–H groups in total. The van der Waals surface area contributed by atoms with Crippen LogP contribution in [0, 0.1) is 11.6 Å². The zero-order valence-electron chi connectivity index (χ0n) is 10.3. The topological polar surface area (TPSA) is 63.6 Å². The number of hydrogen-bond acceptors (Lipinski definition) is 3. The minimum Gasteiger partial charge on any atom is -0.386 e. The normalized spacial score (nSPS) is 23.5. The number of hydrogen-bond donors (Lipinski definition) is 2. The first-order valence-corrected chi connectivity index (χ1v) is 6.19. The summed E-state index contributed by atoms with van der Waals surface area (Å²) in [6, 6.07) is 2.64. The second-order valence-electron chi connectivity index (χ2n) is 4.71. The van der Waals surface area contributed by atoms with Crippen molar-refractivity contribution >= 4 is 0 Å². The van der Waals surface area contributed by atoms with Gasteiger partial charge in [0.05, 0.1) is 0 Å². The van der Waals surface area contributed by atoms with Gasteiger partial charge < -0.3 is 10.2 Å². The van der Waals surface area contributed by atoms with Crippen LogP contribution in [0.1, 0.15) is 24.4 Å². The highest BCUT2D eigenvalue weighted by atomic mass is 19.1. The molecule has 1 radical (unpaired) electrons. The van der Waals surface area contributed by atoms with Gasteiger partial charge in [-0.05, 0) is 31.0 Å². The van der Waals surface area contributed by atoms with Crippen LogP contribution in [-0.2, 0) is 5.11 Å². The SMILES string of the molecule is [O]CC(O)C(O)N1CCC[C@@H]1c1cc(F)ccc1F. The zero-order valence-corrected chi connectivity index (χ0v) is 10.3. The molecule has 1 saturated heterocycles. The summed E-state index contributed by atoms with van der Waals surface area (Å²) >= 11 is 0. The van der Waals surface area contributed by atoms with E-state index in [1.807, 2.05) is 0 Å². The second kappa shape index (κ2) is 5.92. The number of rotatable bonds is 4. The summed E-state index contributed by atoms with van der Waals surface area (Å²) in [7, 11) is 0. The molecule has 1 fully saturated rings. The van der Waals surface area contributed by atoms with Crippen LogP contribution in [0.3, 0.4) is 0 Å². The summed E-state index contributed by atoms with van der Waals surface area (Å²) in [5.41, 5.74) is 0.148. The molecule has 19 heavy (non-hydrogen) atoms. The Morgan fingerprint density at radius 1 is 1.37 bits per heavy atom. The second-order valence-corrected chi connectivity index (χ2v) is 4.71. The third-order valence-electron chi connectivity index (χ3n) is 3.47. The lowest BCUT2D eigenvalue weighted by atomic mass is 10.0. The van der Waals surface area contributed by atoms with Crippen LogP contribution in [0.2, 0.25) is 0 Å². The molecule has 6 heteroatoms. The first kappa shape index (κ1) is 14.3. The molecule has 4 nitrogen and oxygen atoms in total. The van der Waals surface area contributed by atoms with Crippen LogP contribution in [0.4, 0.5) is 8.78 Å². The van der Waals surface area contributed by atoms with E-state index < -0.39 is 36.6 Å². The average molecular weight is 272 g/mol. The van der Waals surface area contributed by atoms with Crippen molar-refractivity contribution in [3.8, 4) is 0 Å². The summed E-state index contributed by atoms with van der Waals surface area (Å²) < 4.78 is 26.9. The van der Waals surface area contributed by atoms with E-state index >= 15 is 0 Å². The van der Waals surface area contributed by atoms with Gasteiger partial charge in [0.25, 0.3) is 0 Å². The lowest BCUT2D eigenvalue weighted by molar-refractivity contribution is -0.113. The fraction of sp³-hybridized carbons (Fsp3) is 0.538. The monoisotopic (exact) mass is 272 g/mol. The standard InChI is InChI=1S/C13H16F2NO3/c14-8-3-4-10(15)9(6-8)11-2-1-5-16(11)13(19)12(18)7-17/h3-4,6,11-13,18-19H,1-2,5,7H2/t11-,12?,13?/m1/s1. The summed E-state index contributed by atoms with van der Waals surface area (Å²) in [5.74, 6) is -1.11. The number of aliphatic hydroxyl groups excluding tert-OH is 2. The number of halogens is 2. The summed E-state index contributed by atoms with van der Waals surface area (Å²) in [4.78, 5) is 1.44. The van der Waals surface area contributed by atoms with Gasteiger partial charge in [0, 0.05) is 18.2 Å². The van der Waals surface area contributed by atoms with Crippen molar-refractivity contribution in [3.63, 3.8) is 0 Å². The van der Waals surface area contributed by atoms with Crippen LogP contribution < -0.4 is 0 Å². The van der Waals surface area contributed by atoms with Gasteiger partial charge in [-0.25, -0.2) is 13.9 Å². The predicted octanol–water partition coefficient (Wildman–Crippen LogP) is 1.21. The highest BCUT2D eigenvalue weighted by molar-refractivity contribution is 5.23. The first-order valence-electron chi connectivity index (χ1n) is 6.19. The molecule has 0 aromatic heterocycles. The largest absolute Gasteiger partial charge is 0.386 e. The van der Waals surface area contributed by atoms with Crippen molar-refractivity contribution in [2.24, 2.45) is 0 Å². The van der Waals surface area contributed by atoms with E-state index in [0.29, 0.717) is 19.4 Å². The van der Waals surface area contributed by atoms with Crippen LogP contribution in [0.5, 0.6) is 0 Å². The first-order chi connectivity index (χ1) is 9.04. The molecule has 1 aromatic carbocycles. The summed E-state index contributed by atoms with van der Waals surface area (Å²) in [6.07, 6.45) is -1.56. The van der Waals surface area contributed by atoms with Crippen molar-refractivity contribution in [2.75, 3.05) is 13.2 Å². The predicted molar refractivity (Wildman–Crippen MR) is 62.6 cm³/mol. The quantitative estimate of drug-likeness (QED) is 0.866. The van der Waals surface area contributed by atoms with Crippen LogP contribution in [0.25, 0.3) is 0 Å². The van der Waals surface area contributed by atoms with Crippen molar-refractivity contribution in [1.29, 1.82) is 0 Å². The Bertz CT molecular complexity index is 444. The van der Waals surface area contributed by atoms with E-state index in [1.54, 1.807) is 0 Å². The molecule has 1 heterocycles. The molecule has 1 aliphatic rings. The third-order valence-corrected chi connectivity index (χ3v) is 3.47. The van der Waals surface area contributed by atoms with Gasteiger partial charge in [0.2, 0.25) is 0 Å². The Morgan fingerprint density at radius 3 is 2.79 bits per heavy atom. The average Bonchev–Trinajstić information content (AvgIpc) is 2.88. The molecule has 2 unspecified atom stereocenters. The fourth-order valence-corrected chi connectivity index (χ4v) is 2.52. The molecule has 1 aromatic rings. The Labute approximate surface area is 109 Å². The van der Waals surface area contributed by atoms with Crippen LogP contribution in [0.15, 0.2) is 18.2 Å². The lowest BCUT2D eigenvalue weighted by Crippen LogP contribution is -2.44. The van der Waals surface area contributed by atoms with E-state index in [2.05, 4.69) is 0 Å². The molecular formula is C13H16F2NO3. The van der Waals surface area contributed by atoms with Crippen LogP contribution >= 0.6 is 0 Å². The molecular weight excluding hydrogens is 256 g/mol. The van der Waals surface area contributed by atoms with E-state index in [9.17, 15) is 24.1 Å². The van der Waals surface area contributed by atoms with Gasteiger partial charge in [-0.2, -0.15) is 0 Å². The zero-order chi connectivity index (χ0) is 14.0. The minimum atomic E-state index is -1.43. The highest BCUT2D eigenvalue weighted by Gasteiger charge is 2.35. The Kier molecular flexibility index (Phi) is 4.46. The molecule has 1 aliphatic heterocycles. The number of benzene rings is 1. The van der Waals surface area contributed by atoms with Crippen molar-refractivity contribution in [3.05, 3.63) is 35.4 Å². The maximum atomic E-state index is 13.7. The van der Waals surface area contributed by atoms with Gasteiger partial charge in [0.15, 0.2) is 0 Å². The maximum absolute atomic E-state index is 13.7. The molecule has 2 rings (SSSR count). The number of aliphatic hydroxyl groups is 2. The Morgan fingerprint density at radius 2 is 2.11 bits per heavy atom. The van der Waals surface area contributed by atoms with Gasteiger partial charge in [-0.1, -0.05) is 0 Å². The van der Waals surface area contributed by atoms with E-state index in [0.717, 1.165) is 18.2 Å². The molecule has 0 amide bonds. The summed E-state index contributed by atoms with van der Waals surface area (Å²) in [5, 5.41) is 29.9. The van der Waals surface area contributed by atoms with Crippen LogP contribution in [-0.4, -0.2) is 40.6 Å². The Balaban J connectivity index is 2.25. The molecule has 0 bridgehead atoms. The number of nitrogens with zero attached hydrogens (tertiary/aromatic N) is 1. The molecule has 0 spiro atoms. The fourth-order valence-electron chi connectivity index (χ4n) is 2.52. The molecule has 0 saturated carbocycles. The smallest absolute Gasteiger partial charge is 0.136 e. The molecule has 3 atom stereocenters. The molecule has 105 valence electrons. The lowest BCUT2D eigenvalue weighted by Gasteiger charge is -2.31. The van der Waals surface area contributed by atoms with E-state index in [1.165, 1.54) is 4.90 Å². The minimum absolute atomic E-state index is 0.148. The van der Waals surface area contributed by atoms with Gasteiger partial charge in [-0.3, -0.25) is 4.90 Å². The van der Waals surface area contributed by atoms with Crippen molar-refractivity contribution < 1.29 is 24.1 Å². The third kappa shape index (κ3) is 2.92. The van der Waals surface area contributed by atoms with E-state index in [-0.39, 0.29) is 5.56 Å². The summed E-state index contributed by atoms with van der Waals surface area (Å²) in [6.45, 7) is -0.408. The van der Waals surface area contributed by atoms with Gasteiger partial charge >= 0.3 is 0 Å². The molecule has 0 aliphatic carbocycles. The number of likely N-dealkylation sites (tertiary alicyclic amines) is 1.